The van der Waals surface area contributed by atoms with Gasteiger partial charge in [0.25, 0.3) is 0 Å². The van der Waals surface area contributed by atoms with Crippen LogP contribution in [0.5, 0.6) is 0 Å². The van der Waals surface area contributed by atoms with Gasteiger partial charge in [-0.05, 0) is 25.3 Å². The lowest BCUT2D eigenvalue weighted by atomic mass is 10.3. The Bertz CT molecular complexity index is 120. The van der Waals surface area contributed by atoms with E-state index in [-0.39, 0.29) is 0 Å². The minimum Gasteiger partial charge on any atom is -0.304 e. The first-order valence-electron chi connectivity index (χ1n) is 4.74. The van der Waals surface area contributed by atoms with Crippen LogP contribution < -0.4 is 0 Å². The average Bonchev–Trinajstić information content (AvgIpc) is 2.03. The number of hydrogen-bond acceptors (Lipinski definition) is 2. The highest BCUT2D eigenvalue weighted by Crippen LogP contribution is 2.12. The molecule has 0 radical (unpaired) electrons. The fraction of sp³-hybridized carbons (Fsp3) is 1.00. The number of rotatable bonds is 3. The lowest BCUT2D eigenvalue weighted by Crippen LogP contribution is -2.45. The number of hydrogen-bond donors (Lipinski definition) is 1. The third-order valence-corrected chi connectivity index (χ3v) is 3.55. The predicted molar refractivity (Wildman–Crippen MR) is 59.6 cm³/mol. The lowest BCUT2D eigenvalue weighted by molar-refractivity contribution is 0.161. The molecule has 0 unspecified atom stereocenters. The first-order chi connectivity index (χ1) is 5.68. The molecule has 1 fully saturated rings. The summed E-state index contributed by atoms with van der Waals surface area (Å²) in [7, 11) is 2.52. The molecule has 74 valence electrons. The van der Waals surface area contributed by atoms with E-state index in [4.69, 9.17) is 0 Å². The second-order valence-electron chi connectivity index (χ2n) is 3.95. The van der Waals surface area contributed by atoms with E-state index in [1.807, 2.05) is 0 Å². The molecule has 0 N–H and O–H groups in total. The summed E-state index contributed by atoms with van der Waals surface area (Å²) in [4.78, 5) is 5.01. The van der Waals surface area contributed by atoms with Gasteiger partial charge in [0.15, 0.2) is 0 Å². The lowest BCUT2D eigenvalue weighted by Gasteiger charge is -2.32. The second kappa shape index (κ2) is 5.10. The van der Waals surface area contributed by atoms with Gasteiger partial charge in [-0.2, -0.15) is 0 Å². The molecule has 0 atom stereocenters. The highest BCUT2D eigenvalue weighted by molar-refractivity contribution is 8.15. The van der Waals surface area contributed by atoms with Crippen LogP contribution in [0, 0.1) is 0 Å². The Morgan fingerprint density at radius 3 is 2.17 bits per heavy atom. The van der Waals surface area contributed by atoms with E-state index >= 15 is 0 Å². The summed E-state index contributed by atoms with van der Waals surface area (Å²) in [6.45, 7) is 6.39. The molecule has 0 aromatic rings. The molecule has 1 aliphatic rings. The maximum absolute atomic E-state index is 2.60. The van der Waals surface area contributed by atoms with Gasteiger partial charge in [0.2, 0.25) is 0 Å². The van der Waals surface area contributed by atoms with Gasteiger partial charge in [0.1, 0.15) is 0 Å². The van der Waals surface area contributed by atoms with Crippen LogP contribution >= 0.6 is 10.9 Å². The Morgan fingerprint density at radius 1 is 1.08 bits per heavy atom. The zero-order valence-electron chi connectivity index (χ0n) is 8.58. The fourth-order valence-electron chi connectivity index (χ4n) is 1.41. The van der Waals surface area contributed by atoms with Gasteiger partial charge in [0, 0.05) is 32.7 Å². The van der Waals surface area contributed by atoms with Crippen LogP contribution in [0.2, 0.25) is 0 Å². The van der Waals surface area contributed by atoms with Crippen molar-refractivity contribution in [2.45, 2.75) is 0 Å². The van der Waals surface area contributed by atoms with E-state index in [0.717, 1.165) is 0 Å². The molecule has 1 saturated heterocycles. The third-order valence-electron chi connectivity index (χ3n) is 2.46. The number of likely N-dealkylation sites (N-methyl/N-ethyl adjacent to an activating group) is 1. The fourth-order valence-corrected chi connectivity index (χ4v) is 2.10. The van der Waals surface area contributed by atoms with Crippen molar-refractivity contribution < 1.29 is 0 Å². The maximum atomic E-state index is 2.60. The second-order valence-corrected chi connectivity index (χ2v) is 6.55. The summed E-state index contributed by atoms with van der Waals surface area (Å²) in [5.41, 5.74) is 0. The van der Waals surface area contributed by atoms with Crippen molar-refractivity contribution in [2.75, 3.05) is 58.0 Å². The Hall–Kier alpha value is 0.270. The molecule has 3 heteroatoms. The van der Waals surface area contributed by atoms with Crippen molar-refractivity contribution in [3.05, 3.63) is 0 Å². The largest absolute Gasteiger partial charge is 0.304 e. The summed E-state index contributed by atoms with van der Waals surface area (Å²) in [5, 5.41) is 0. The molecule has 0 amide bonds. The van der Waals surface area contributed by atoms with Crippen molar-refractivity contribution in [1.29, 1.82) is 0 Å². The molecule has 0 aromatic heterocycles. The summed E-state index contributed by atoms with van der Waals surface area (Å²) >= 11 is 0. The molecule has 1 aliphatic heterocycles. The SMILES string of the molecule is CN1CCN(CC[SH](C)C)CC1. The standard InChI is InChI=1S/C9H22N2S/c1-10-4-6-11(7-5-10)8-9-12(2)3/h12H,4-9H2,1-3H3. The van der Waals surface area contributed by atoms with E-state index in [1.54, 1.807) is 0 Å². The summed E-state index contributed by atoms with van der Waals surface area (Å²) in [6.07, 6.45) is 4.73. The Balaban J connectivity index is 2.09. The molecule has 0 saturated carbocycles. The number of nitrogens with zero attached hydrogens (tertiary/aromatic N) is 2. The number of thiol groups is 1. The molecule has 0 bridgehead atoms. The molecular weight excluding hydrogens is 168 g/mol. The van der Waals surface area contributed by atoms with Gasteiger partial charge >= 0.3 is 0 Å². The summed E-state index contributed by atoms with van der Waals surface area (Å²) in [6, 6.07) is 0. The van der Waals surface area contributed by atoms with Crippen LogP contribution in [0.4, 0.5) is 0 Å². The first-order valence-corrected chi connectivity index (χ1v) is 7.16. The zero-order valence-corrected chi connectivity index (χ0v) is 9.48. The van der Waals surface area contributed by atoms with E-state index in [1.165, 1.54) is 38.5 Å². The third kappa shape index (κ3) is 3.78. The van der Waals surface area contributed by atoms with Gasteiger partial charge in [-0.15, -0.1) is 0 Å². The summed E-state index contributed by atoms with van der Waals surface area (Å²) < 4.78 is 0. The Labute approximate surface area is 79.3 Å². The van der Waals surface area contributed by atoms with Crippen molar-refractivity contribution in [1.82, 2.24) is 9.80 Å². The molecule has 1 rings (SSSR count). The van der Waals surface area contributed by atoms with Crippen molar-refractivity contribution in [3.8, 4) is 0 Å². The molecule has 2 nitrogen and oxygen atoms in total. The van der Waals surface area contributed by atoms with Crippen LogP contribution in [-0.2, 0) is 0 Å². The number of piperazine rings is 1. The van der Waals surface area contributed by atoms with Crippen LogP contribution in [0.25, 0.3) is 0 Å². The Kier molecular flexibility index (Phi) is 4.40. The zero-order chi connectivity index (χ0) is 8.97. The van der Waals surface area contributed by atoms with Crippen LogP contribution in [0.15, 0.2) is 0 Å². The van der Waals surface area contributed by atoms with E-state index < -0.39 is 0 Å². The molecule has 1 heterocycles. The van der Waals surface area contributed by atoms with E-state index in [0.29, 0.717) is 10.9 Å². The Morgan fingerprint density at radius 2 is 1.67 bits per heavy atom. The van der Waals surface area contributed by atoms with Crippen molar-refractivity contribution in [2.24, 2.45) is 0 Å². The molecular formula is C9H22N2S. The summed E-state index contributed by atoms with van der Waals surface area (Å²) in [5.74, 6) is 1.42. The highest BCUT2D eigenvalue weighted by atomic mass is 32.2. The molecule has 0 aromatic carbocycles. The van der Waals surface area contributed by atoms with Crippen molar-refractivity contribution in [3.63, 3.8) is 0 Å². The quantitative estimate of drug-likeness (QED) is 0.647. The van der Waals surface area contributed by atoms with Crippen LogP contribution in [0.3, 0.4) is 0 Å². The monoisotopic (exact) mass is 190 g/mol. The average molecular weight is 190 g/mol. The molecule has 12 heavy (non-hydrogen) atoms. The van der Waals surface area contributed by atoms with E-state index in [9.17, 15) is 0 Å². The van der Waals surface area contributed by atoms with Crippen LogP contribution in [0.1, 0.15) is 0 Å². The minimum absolute atomic E-state index is 0.308. The maximum Gasteiger partial charge on any atom is 0.0110 e. The molecule has 0 aliphatic carbocycles. The smallest absolute Gasteiger partial charge is 0.0110 e. The van der Waals surface area contributed by atoms with Gasteiger partial charge < -0.3 is 9.80 Å². The highest BCUT2D eigenvalue weighted by Gasteiger charge is 2.12. The molecule has 0 spiro atoms. The topological polar surface area (TPSA) is 6.48 Å². The van der Waals surface area contributed by atoms with Crippen molar-refractivity contribution >= 4 is 10.9 Å². The first kappa shape index (κ1) is 10.4. The van der Waals surface area contributed by atoms with Gasteiger partial charge in [-0.25, -0.2) is 0 Å². The predicted octanol–water partition coefficient (Wildman–Crippen LogP) is 0.495. The normalized spacial score (nSPS) is 22.8. The minimum atomic E-state index is 0.308. The van der Waals surface area contributed by atoms with Gasteiger partial charge in [-0.1, -0.05) is 0 Å². The van der Waals surface area contributed by atoms with Crippen LogP contribution in [-0.4, -0.2) is 67.8 Å². The van der Waals surface area contributed by atoms with Gasteiger partial charge in [0.05, 0.1) is 0 Å². The van der Waals surface area contributed by atoms with E-state index in [2.05, 4.69) is 29.4 Å². The van der Waals surface area contributed by atoms with Gasteiger partial charge in [-0.3, -0.25) is 10.9 Å².